The van der Waals surface area contributed by atoms with E-state index >= 15 is 0 Å². The fourth-order valence-corrected chi connectivity index (χ4v) is 4.05. The molecule has 3 nitrogen and oxygen atoms in total. The lowest BCUT2D eigenvalue weighted by Crippen LogP contribution is -2.22. The van der Waals surface area contributed by atoms with E-state index < -0.39 is 0 Å². The summed E-state index contributed by atoms with van der Waals surface area (Å²) in [5.74, 6) is 2.79. The summed E-state index contributed by atoms with van der Waals surface area (Å²) in [4.78, 5) is 15.0. The Hall–Kier alpha value is -3.51. The first-order valence-corrected chi connectivity index (χ1v) is 9.97. The average Bonchev–Trinajstić information content (AvgIpc) is 3.10. The predicted octanol–water partition coefficient (Wildman–Crippen LogP) is 4.77. The van der Waals surface area contributed by atoms with Crippen LogP contribution in [0.1, 0.15) is 29.3 Å². The van der Waals surface area contributed by atoms with Crippen molar-refractivity contribution in [3.63, 3.8) is 0 Å². The molecule has 1 amide bonds. The van der Waals surface area contributed by atoms with Crippen LogP contribution in [-0.2, 0) is 24.1 Å². The number of hydrogen-bond acceptors (Lipinski definition) is 1. The van der Waals surface area contributed by atoms with Crippen LogP contribution in [0.25, 0.3) is 21.7 Å². The standard InChI is InChI=1S/C26H24N2O/c1-3-19-8-4-5-9-20(19)13-15-25-23(16-17-27-18(2)29)24-14-12-21-10-6-7-11-22(21)26(24)28-25/h1,4-12,14,28H,13,15-17H2,2H3,(H,27,29). The molecule has 4 aromatic rings. The number of amides is 1. The molecule has 0 aliphatic rings. The van der Waals surface area contributed by atoms with Crippen molar-refractivity contribution in [2.45, 2.75) is 26.2 Å². The fourth-order valence-electron chi connectivity index (χ4n) is 4.05. The molecule has 1 aromatic heterocycles. The monoisotopic (exact) mass is 380 g/mol. The second kappa shape index (κ2) is 8.24. The van der Waals surface area contributed by atoms with Gasteiger partial charge in [0.05, 0.1) is 5.52 Å². The van der Waals surface area contributed by atoms with Crippen LogP contribution in [0.3, 0.4) is 0 Å². The van der Waals surface area contributed by atoms with Crippen LogP contribution in [0.5, 0.6) is 0 Å². The maximum atomic E-state index is 11.3. The smallest absolute Gasteiger partial charge is 0.216 e. The van der Waals surface area contributed by atoms with Crippen molar-refractivity contribution in [2.75, 3.05) is 6.54 Å². The number of carbonyl (C=O) groups excluding carboxylic acids is 1. The van der Waals surface area contributed by atoms with E-state index in [9.17, 15) is 4.79 Å². The van der Waals surface area contributed by atoms with Gasteiger partial charge < -0.3 is 10.3 Å². The Labute approximate surface area is 171 Å². The number of nitrogens with one attached hydrogen (secondary N) is 2. The first-order valence-electron chi connectivity index (χ1n) is 9.97. The number of benzene rings is 3. The third-order valence-electron chi connectivity index (χ3n) is 5.46. The number of H-pyrrole nitrogens is 1. The van der Waals surface area contributed by atoms with E-state index in [1.807, 2.05) is 18.2 Å². The van der Waals surface area contributed by atoms with Crippen LogP contribution < -0.4 is 5.32 Å². The first-order chi connectivity index (χ1) is 14.2. The topological polar surface area (TPSA) is 44.9 Å². The second-order valence-electron chi connectivity index (χ2n) is 7.33. The minimum absolute atomic E-state index is 0.000196. The average molecular weight is 380 g/mol. The van der Waals surface area contributed by atoms with E-state index in [1.165, 1.54) is 38.5 Å². The van der Waals surface area contributed by atoms with E-state index in [4.69, 9.17) is 6.42 Å². The lowest BCUT2D eigenvalue weighted by Gasteiger charge is -2.08. The maximum Gasteiger partial charge on any atom is 0.216 e. The van der Waals surface area contributed by atoms with Crippen molar-refractivity contribution >= 4 is 27.6 Å². The predicted molar refractivity (Wildman–Crippen MR) is 120 cm³/mol. The highest BCUT2D eigenvalue weighted by atomic mass is 16.1. The molecule has 2 N–H and O–H groups in total. The Kier molecular flexibility index (Phi) is 5.35. The van der Waals surface area contributed by atoms with Gasteiger partial charge in [-0.1, -0.05) is 60.5 Å². The molecule has 4 rings (SSSR count). The summed E-state index contributed by atoms with van der Waals surface area (Å²) in [6, 6.07) is 20.9. The van der Waals surface area contributed by atoms with Crippen molar-refractivity contribution in [2.24, 2.45) is 0 Å². The van der Waals surface area contributed by atoms with Gasteiger partial charge in [-0.05, 0) is 41.8 Å². The van der Waals surface area contributed by atoms with Gasteiger partial charge in [0.2, 0.25) is 5.91 Å². The summed E-state index contributed by atoms with van der Waals surface area (Å²) in [6.45, 7) is 2.18. The van der Waals surface area contributed by atoms with E-state index in [2.05, 4.69) is 58.7 Å². The molecule has 1 heterocycles. The molecule has 3 heteroatoms. The van der Waals surface area contributed by atoms with Crippen molar-refractivity contribution in [1.29, 1.82) is 0 Å². The quantitative estimate of drug-likeness (QED) is 0.465. The molecule has 0 unspecified atom stereocenters. The molecule has 144 valence electrons. The lowest BCUT2D eigenvalue weighted by atomic mass is 9.98. The minimum Gasteiger partial charge on any atom is -0.358 e. The third-order valence-corrected chi connectivity index (χ3v) is 5.46. The normalized spacial score (nSPS) is 10.9. The summed E-state index contributed by atoms with van der Waals surface area (Å²) >= 11 is 0. The highest BCUT2D eigenvalue weighted by Gasteiger charge is 2.14. The zero-order valence-electron chi connectivity index (χ0n) is 16.6. The van der Waals surface area contributed by atoms with Gasteiger partial charge in [-0.25, -0.2) is 0 Å². The number of fused-ring (bicyclic) bond motifs is 3. The first kappa shape index (κ1) is 18.8. The number of hydrogen-bond donors (Lipinski definition) is 2. The maximum absolute atomic E-state index is 11.3. The van der Waals surface area contributed by atoms with Gasteiger partial charge in [0.1, 0.15) is 0 Å². The summed E-state index contributed by atoms with van der Waals surface area (Å²) in [5.41, 5.74) is 5.80. The van der Waals surface area contributed by atoms with E-state index in [0.717, 1.165) is 24.8 Å². The highest BCUT2D eigenvalue weighted by Crippen LogP contribution is 2.30. The molecule has 0 saturated carbocycles. The molecule has 29 heavy (non-hydrogen) atoms. The molecule has 0 aliphatic carbocycles. The SMILES string of the molecule is C#Cc1ccccc1CCc1[nH]c2c(ccc3ccccc32)c1CCNC(C)=O. The number of aromatic nitrogens is 1. The summed E-state index contributed by atoms with van der Waals surface area (Å²) in [7, 11) is 0. The van der Waals surface area contributed by atoms with Crippen LogP contribution in [0, 0.1) is 12.3 Å². The Bertz CT molecular complexity index is 1230. The van der Waals surface area contributed by atoms with Gasteiger partial charge >= 0.3 is 0 Å². The summed E-state index contributed by atoms with van der Waals surface area (Å²) in [6.07, 6.45) is 8.21. The Morgan fingerprint density at radius 1 is 0.966 bits per heavy atom. The van der Waals surface area contributed by atoms with Gasteiger partial charge in [0, 0.05) is 35.5 Å². The number of rotatable bonds is 6. The van der Waals surface area contributed by atoms with Gasteiger partial charge in [0.25, 0.3) is 0 Å². The molecule has 0 bridgehead atoms. The van der Waals surface area contributed by atoms with Gasteiger partial charge in [-0.2, -0.15) is 0 Å². The van der Waals surface area contributed by atoms with Crippen LogP contribution in [0.2, 0.25) is 0 Å². The number of aryl methyl sites for hydroxylation is 2. The molecule has 0 spiro atoms. The molecular weight excluding hydrogens is 356 g/mol. The van der Waals surface area contributed by atoms with E-state index in [1.54, 1.807) is 6.92 Å². The Morgan fingerprint density at radius 2 is 1.76 bits per heavy atom. The largest absolute Gasteiger partial charge is 0.358 e. The lowest BCUT2D eigenvalue weighted by molar-refractivity contribution is -0.118. The zero-order valence-corrected chi connectivity index (χ0v) is 16.6. The van der Waals surface area contributed by atoms with Crippen LogP contribution in [0.15, 0.2) is 60.7 Å². The Morgan fingerprint density at radius 3 is 2.59 bits per heavy atom. The highest BCUT2D eigenvalue weighted by molar-refractivity contribution is 6.07. The van der Waals surface area contributed by atoms with Crippen molar-refractivity contribution in [1.82, 2.24) is 10.3 Å². The molecule has 0 saturated heterocycles. The molecule has 0 atom stereocenters. The van der Waals surface area contributed by atoms with Gasteiger partial charge in [0.15, 0.2) is 0 Å². The molecular formula is C26H24N2O. The molecule has 0 fully saturated rings. The molecule has 0 radical (unpaired) electrons. The van der Waals surface area contributed by atoms with Crippen molar-refractivity contribution in [3.05, 3.63) is 83.0 Å². The van der Waals surface area contributed by atoms with Gasteiger partial charge in [-0.3, -0.25) is 4.79 Å². The Balaban J connectivity index is 1.73. The van der Waals surface area contributed by atoms with Crippen LogP contribution in [0.4, 0.5) is 0 Å². The van der Waals surface area contributed by atoms with Crippen LogP contribution >= 0.6 is 0 Å². The van der Waals surface area contributed by atoms with Crippen LogP contribution in [-0.4, -0.2) is 17.4 Å². The van der Waals surface area contributed by atoms with Crippen molar-refractivity contribution < 1.29 is 4.79 Å². The van der Waals surface area contributed by atoms with Crippen molar-refractivity contribution in [3.8, 4) is 12.3 Å². The number of aromatic amines is 1. The number of terminal acetylenes is 1. The minimum atomic E-state index is -0.000196. The summed E-state index contributed by atoms with van der Waals surface area (Å²) in [5, 5.41) is 6.60. The fraction of sp³-hybridized carbons (Fsp3) is 0.192. The third kappa shape index (κ3) is 3.88. The summed E-state index contributed by atoms with van der Waals surface area (Å²) < 4.78 is 0. The molecule has 0 aliphatic heterocycles. The van der Waals surface area contributed by atoms with E-state index in [-0.39, 0.29) is 5.91 Å². The van der Waals surface area contributed by atoms with Gasteiger partial charge in [-0.15, -0.1) is 6.42 Å². The zero-order chi connectivity index (χ0) is 20.2. The second-order valence-corrected chi connectivity index (χ2v) is 7.33. The molecule has 3 aromatic carbocycles. The number of carbonyl (C=O) groups is 1. The van der Waals surface area contributed by atoms with E-state index in [0.29, 0.717) is 6.54 Å².